The first kappa shape index (κ1) is 15.9. The number of nitrogens with one attached hydrogen (secondary N) is 1. The van der Waals surface area contributed by atoms with Crippen LogP contribution in [-0.4, -0.2) is 19.1 Å². The van der Waals surface area contributed by atoms with Crippen molar-refractivity contribution in [2.24, 2.45) is 0 Å². The molecule has 1 atom stereocenters. The van der Waals surface area contributed by atoms with E-state index in [1.807, 2.05) is 24.3 Å². The number of anilines is 1. The molecular formula is C18H21NO3. The summed E-state index contributed by atoms with van der Waals surface area (Å²) in [5.41, 5.74) is 1.80. The van der Waals surface area contributed by atoms with E-state index in [9.17, 15) is 4.79 Å². The molecule has 0 radical (unpaired) electrons. The van der Waals surface area contributed by atoms with Gasteiger partial charge in [0.2, 0.25) is 0 Å². The van der Waals surface area contributed by atoms with Crippen LogP contribution in [0.1, 0.15) is 19.4 Å². The fraction of sp³-hybridized carbons (Fsp3) is 0.278. The van der Waals surface area contributed by atoms with E-state index < -0.39 is 6.10 Å². The molecule has 0 fully saturated rings. The smallest absolute Gasteiger partial charge is 0.265 e. The first-order valence-electron chi connectivity index (χ1n) is 7.33. The van der Waals surface area contributed by atoms with Gasteiger partial charge >= 0.3 is 0 Å². The number of carbonyl (C=O) groups excluding carboxylic acids is 1. The van der Waals surface area contributed by atoms with Crippen LogP contribution in [0.15, 0.2) is 48.5 Å². The molecule has 22 heavy (non-hydrogen) atoms. The summed E-state index contributed by atoms with van der Waals surface area (Å²) in [5.74, 6) is 1.32. The molecule has 0 spiro atoms. The molecule has 0 bridgehead atoms. The van der Waals surface area contributed by atoms with E-state index in [0.717, 1.165) is 23.5 Å². The van der Waals surface area contributed by atoms with Gasteiger partial charge in [-0.1, -0.05) is 25.1 Å². The van der Waals surface area contributed by atoms with Gasteiger partial charge in [0.1, 0.15) is 11.5 Å². The quantitative estimate of drug-likeness (QED) is 0.885. The summed E-state index contributed by atoms with van der Waals surface area (Å²) in [5, 5.41) is 2.83. The molecule has 1 unspecified atom stereocenters. The highest BCUT2D eigenvalue weighted by atomic mass is 16.5. The van der Waals surface area contributed by atoms with Crippen LogP contribution in [0.4, 0.5) is 5.69 Å². The van der Waals surface area contributed by atoms with Crippen LogP contribution in [0, 0.1) is 0 Å². The normalized spacial score (nSPS) is 11.6. The Labute approximate surface area is 131 Å². The van der Waals surface area contributed by atoms with Gasteiger partial charge < -0.3 is 14.8 Å². The summed E-state index contributed by atoms with van der Waals surface area (Å²) >= 11 is 0. The van der Waals surface area contributed by atoms with Crippen LogP contribution in [0.25, 0.3) is 0 Å². The Morgan fingerprint density at radius 1 is 1.14 bits per heavy atom. The average molecular weight is 299 g/mol. The van der Waals surface area contributed by atoms with Crippen LogP contribution in [0.2, 0.25) is 0 Å². The first-order valence-corrected chi connectivity index (χ1v) is 7.33. The van der Waals surface area contributed by atoms with Crippen LogP contribution in [-0.2, 0) is 11.2 Å². The first-order chi connectivity index (χ1) is 10.6. The molecule has 2 aromatic carbocycles. The third-order valence-corrected chi connectivity index (χ3v) is 3.38. The highest BCUT2D eigenvalue weighted by Gasteiger charge is 2.16. The van der Waals surface area contributed by atoms with Crippen LogP contribution < -0.4 is 14.8 Å². The van der Waals surface area contributed by atoms with Crippen molar-refractivity contribution in [2.45, 2.75) is 26.4 Å². The number of carbonyl (C=O) groups is 1. The number of hydrogen-bond donors (Lipinski definition) is 1. The van der Waals surface area contributed by atoms with Crippen molar-refractivity contribution < 1.29 is 14.3 Å². The van der Waals surface area contributed by atoms with Crippen molar-refractivity contribution in [3.05, 3.63) is 54.1 Å². The minimum Gasteiger partial charge on any atom is -0.497 e. The Kier molecular flexibility index (Phi) is 5.42. The molecular weight excluding hydrogens is 278 g/mol. The molecule has 4 nitrogen and oxygen atoms in total. The van der Waals surface area contributed by atoms with Crippen LogP contribution >= 0.6 is 0 Å². The lowest BCUT2D eigenvalue weighted by atomic mass is 10.1. The molecule has 0 heterocycles. The SMILES string of the molecule is CCc1ccccc1OC(C)C(=O)Nc1ccc(OC)cc1. The summed E-state index contributed by atoms with van der Waals surface area (Å²) in [6.07, 6.45) is 0.290. The molecule has 116 valence electrons. The van der Waals surface area contributed by atoms with E-state index in [4.69, 9.17) is 9.47 Å². The second-order valence-electron chi connectivity index (χ2n) is 4.94. The molecule has 0 aliphatic carbocycles. The molecule has 2 rings (SSSR count). The van der Waals surface area contributed by atoms with E-state index in [-0.39, 0.29) is 5.91 Å². The maximum Gasteiger partial charge on any atom is 0.265 e. The second-order valence-corrected chi connectivity index (χ2v) is 4.94. The van der Waals surface area contributed by atoms with Crippen molar-refractivity contribution >= 4 is 11.6 Å². The maximum absolute atomic E-state index is 12.2. The summed E-state index contributed by atoms with van der Waals surface area (Å²) < 4.78 is 10.9. The number of hydrogen-bond acceptors (Lipinski definition) is 3. The molecule has 1 N–H and O–H groups in total. The fourth-order valence-corrected chi connectivity index (χ4v) is 2.07. The van der Waals surface area contributed by atoms with Gasteiger partial charge in [-0.05, 0) is 49.2 Å². The third kappa shape index (κ3) is 4.01. The predicted molar refractivity (Wildman–Crippen MR) is 87.5 cm³/mol. The number of benzene rings is 2. The van der Waals surface area contributed by atoms with E-state index in [1.165, 1.54) is 0 Å². The van der Waals surface area contributed by atoms with E-state index in [0.29, 0.717) is 5.69 Å². The minimum absolute atomic E-state index is 0.184. The van der Waals surface area contributed by atoms with Crippen molar-refractivity contribution in [1.29, 1.82) is 0 Å². The largest absolute Gasteiger partial charge is 0.497 e. The van der Waals surface area contributed by atoms with Gasteiger partial charge in [0, 0.05) is 5.69 Å². The fourth-order valence-electron chi connectivity index (χ4n) is 2.07. The van der Waals surface area contributed by atoms with E-state index in [2.05, 4.69) is 12.2 Å². The molecule has 0 aliphatic rings. The summed E-state index contributed by atoms with van der Waals surface area (Å²) in [4.78, 5) is 12.2. The molecule has 4 heteroatoms. The summed E-state index contributed by atoms with van der Waals surface area (Å²) in [6.45, 7) is 3.80. The molecule has 0 saturated heterocycles. The Hall–Kier alpha value is -2.49. The Bertz CT molecular complexity index is 622. The van der Waals surface area contributed by atoms with Crippen molar-refractivity contribution in [2.75, 3.05) is 12.4 Å². The zero-order chi connectivity index (χ0) is 15.9. The zero-order valence-corrected chi connectivity index (χ0v) is 13.1. The second kappa shape index (κ2) is 7.50. The van der Waals surface area contributed by atoms with Crippen LogP contribution in [0.5, 0.6) is 11.5 Å². The average Bonchev–Trinajstić information content (AvgIpc) is 2.56. The van der Waals surface area contributed by atoms with Crippen molar-refractivity contribution in [3.63, 3.8) is 0 Å². The molecule has 0 aliphatic heterocycles. The lowest BCUT2D eigenvalue weighted by Crippen LogP contribution is -2.30. The lowest BCUT2D eigenvalue weighted by Gasteiger charge is -2.17. The maximum atomic E-state index is 12.2. The lowest BCUT2D eigenvalue weighted by molar-refractivity contribution is -0.122. The monoisotopic (exact) mass is 299 g/mol. The number of amides is 1. The van der Waals surface area contributed by atoms with Crippen molar-refractivity contribution in [1.82, 2.24) is 0 Å². The van der Waals surface area contributed by atoms with Gasteiger partial charge in [0.25, 0.3) is 5.91 Å². The van der Waals surface area contributed by atoms with Crippen LogP contribution in [0.3, 0.4) is 0 Å². The zero-order valence-electron chi connectivity index (χ0n) is 13.1. The third-order valence-electron chi connectivity index (χ3n) is 3.38. The van der Waals surface area contributed by atoms with Gasteiger partial charge in [-0.25, -0.2) is 0 Å². The molecule has 1 amide bonds. The summed E-state index contributed by atoms with van der Waals surface area (Å²) in [6, 6.07) is 14.9. The van der Waals surface area contributed by atoms with Gasteiger partial charge in [0.15, 0.2) is 6.10 Å². The highest BCUT2D eigenvalue weighted by Crippen LogP contribution is 2.20. The number of rotatable bonds is 6. The topological polar surface area (TPSA) is 47.6 Å². The standard InChI is InChI=1S/C18H21NO3/c1-4-14-7-5-6-8-17(14)22-13(2)18(20)19-15-9-11-16(21-3)12-10-15/h5-13H,4H2,1-3H3,(H,19,20). The van der Waals surface area contributed by atoms with Gasteiger partial charge in [-0.2, -0.15) is 0 Å². The molecule has 0 aromatic heterocycles. The predicted octanol–water partition coefficient (Wildman–Crippen LogP) is 3.66. The minimum atomic E-state index is -0.574. The molecule has 2 aromatic rings. The van der Waals surface area contributed by atoms with E-state index in [1.54, 1.807) is 38.3 Å². The summed E-state index contributed by atoms with van der Waals surface area (Å²) in [7, 11) is 1.61. The molecule has 0 saturated carbocycles. The number of methoxy groups -OCH3 is 1. The Morgan fingerprint density at radius 2 is 1.82 bits per heavy atom. The van der Waals surface area contributed by atoms with Crippen molar-refractivity contribution in [3.8, 4) is 11.5 Å². The number of aryl methyl sites for hydroxylation is 1. The Balaban J connectivity index is 1.99. The number of para-hydroxylation sites is 1. The van der Waals surface area contributed by atoms with Gasteiger partial charge in [-0.15, -0.1) is 0 Å². The Morgan fingerprint density at radius 3 is 2.45 bits per heavy atom. The highest BCUT2D eigenvalue weighted by molar-refractivity contribution is 5.94. The van der Waals surface area contributed by atoms with Gasteiger partial charge in [0.05, 0.1) is 7.11 Å². The number of ether oxygens (including phenoxy) is 2. The van der Waals surface area contributed by atoms with E-state index >= 15 is 0 Å². The van der Waals surface area contributed by atoms with Gasteiger partial charge in [-0.3, -0.25) is 4.79 Å².